The zero-order chi connectivity index (χ0) is 13.7. The highest BCUT2D eigenvalue weighted by Crippen LogP contribution is 2.16. The Balaban J connectivity index is 1.94. The second-order valence-corrected chi connectivity index (χ2v) is 4.47. The smallest absolute Gasteiger partial charge is 0.328 e. The minimum atomic E-state index is -1.02. The van der Waals surface area contributed by atoms with Gasteiger partial charge in [-0.3, -0.25) is 9.89 Å². The van der Waals surface area contributed by atoms with E-state index < -0.39 is 5.97 Å². The minimum Gasteiger partial charge on any atom is -0.478 e. The monoisotopic (exact) mass is 278 g/mol. The Labute approximate surface area is 112 Å². The maximum absolute atomic E-state index is 11.8. The van der Waals surface area contributed by atoms with Crippen LogP contribution in [-0.2, 0) is 11.3 Å². The summed E-state index contributed by atoms with van der Waals surface area (Å²) in [4.78, 5) is 26.7. The number of thiophene rings is 1. The SMILES string of the molecule is O=C(O)C=Cc1cc(C(=O)NCc2ncn[nH]2)cs1. The summed E-state index contributed by atoms with van der Waals surface area (Å²) in [5, 5.41) is 19.1. The molecule has 0 fully saturated rings. The van der Waals surface area contributed by atoms with Gasteiger partial charge in [-0.05, 0) is 12.1 Å². The standard InChI is InChI=1S/C11H10N4O3S/c16-10(17)2-1-8-3-7(5-19-8)11(18)12-4-9-13-6-14-15-9/h1-3,5-6H,4H2,(H,12,18)(H,16,17)(H,13,14,15). The van der Waals surface area contributed by atoms with Gasteiger partial charge >= 0.3 is 5.97 Å². The van der Waals surface area contributed by atoms with E-state index in [1.165, 1.54) is 23.7 Å². The zero-order valence-electron chi connectivity index (χ0n) is 9.66. The van der Waals surface area contributed by atoms with Gasteiger partial charge in [0.2, 0.25) is 0 Å². The highest BCUT2D eigenvalue weighted by atomic mass is 32.1. The molecule has 1 amide bonds. The van der Waals surface area contributed by atoms with Crippen LogP contribution in [0.15, 0.2) is 23.8 Å². The van der Waals surface area contributed by atoms with Crippen molar-refractivity contribution in [3.63, 3.8) is 0 Å². The van der Waals surface area contributed by atoms with Gasteiger partial charge < -0.3 is 10.4 Å². The number of carboxylic acid groups (broad SMARTS) is 1. The number of aromatic nitrogens is 3. The fraction of sp³-hybridized carbons (Fsp3) is 0.0909. The molecule has 0 saturated heterocycles. The Morgan fingerprint density at radius 2 is 2.37 bits per heavy atom. The average molecular weight is 278 g/mol. The normalized spacial score (nSPS) is 10.7. The molecule has 0 unspecified atom stereocenters. The van der Waals surface area contributed by atoms with E-state index in [-0.39, 0.29) is 12.5 Å². The van der Waals surface area contributed by atoms with Gasteiger partial charge in [0.15, 0.2) is 0 Å². The highest BCUT2D eigenvalue weighted by Gasteiger charge is 2.08. The van der Waals surface area contributed by atoms with Crippen LogP contribution in [0.5, 0.6) is 0 Å². The number of aromatic amines is 1. The molecule has 0 saturated carbocycles. The minimum absolute atomic E-state index is 0.248. The number of carbonyl (C=O) groups excluding carboxylic acids is 1. The van der Waals surface area contributed by atoms with Crippen molar-refractivity contribution in [1.82, 2.24) is 20.5 Å². The van der Waals surface area contributed by atoms with E-state index >= 15 is 0 Å². The second-order valence-electron chi connectivity index (χ2n) is 3.52. The summed E-state index contributed by atoms with van der Waals surface area (Å²) < 4.78 is 0. The van der Waals surface area contributed by atoms with Crippen molar-refractivity contribution in [1.29, 1.82) is 0 Å². The molecule has 98 valence electrons. The fourth-order valence-electron chi connectivity index (χ4n) is 1.29. The van der Waals surface area contributed by atoms with Gasteiger partial charge in [0, 0.05) is 16.3 Å². The van der Waals surface area contributed by atoms with Gasteiger partial charge in [-0.15, -0.1) is 11.3 Å². The van der Waals surface area contributed by atoms with Crippen LogP contribution in [0, 0.1) is 0 Å². The number of carbonyl (C=O) groups is 2. The van der Waals surface area contributed by atoms with Crippen LogP contribution in [0.4, 0.5) is 0 Å². The Hall–Kier alpha value is -2.48. The number of rotatable bonds is 5. The summed E-state index contributed by atoms with van der Waals surface area (Å²) in [5.74, 6) is -0.707. The van der Waals surface area contributed by atoms with Crippen molar-refractivity contribution in [2.75, 3.05) is 0 Å². The number of nitrogens with one attached hydrogen (secondary N) is 2. The van der Waals surface area contributed by atoms with Crippen LogP contribution >= 0.6 is 11.3 Å². The third kappa shape index (κ3) is 3.75. The lowest BCUT2D eigenvalue weighted by atomic mass is 10.3. The molecule has 3 N–H and O–H groups in total. The van der Waals surface area contributed by atoms with Crippen LogP contribution in [-0.4, -0.2) is 32.2 Å². The lowest BCUT2D eigenvalue weighted by Gasteiger charge is -1.99. The molecule has 7 nitrogen and oxygen atoms in total. The first-order valence-electron chi connectivity index (χ1n) is 5.27. The van der Waals surface area contributed by atoms with Crippen molar-refractivity contribution in [3.05, 3.63) is 40.1 Å². The second kappa shape index (κ2) is 5.91. The summed E-state index contributed by atoms with van der Waals surface area (Å²) in [6.45, 7) is 0.259. The molecule has 19 heavy (non-hydrogen) atoms. The van der Waals surface area contributed by atoms with E-state index in [1.807, 2.05) is 0 Å². The number of amides is 1. The van der Waals surface area contributed by atoms with Gasteiger partial charge in [-0.1, -0.05) is 0 Å². The third-order valence-corrected chi connectivity index (χ3v) is 3.05. The molecule has 2 aromatic rings. The first-order valence-corrected chi connectivity index (χ1v) is 6.15. The van der Waals surface area contributed by atoms with Gasteiger partial charge in [-0.2, -0.15) is 5.10 Å². The maximum Gasteiger partial charge on any atom is 0.328 e. The van der Waals surface area contributed by atoms with E-state index in [9.17, 15) is 9.59 Å². The molecule has 0 aliphatic carbocycles. The lowest BCUT2D eigenvalue weighted by molar-refractivity contribution is -0.131. The first-order chi connectivity index (χ1) is 9.15. The molecule has 8 heteroatoms. The van der Waals surface area contributed by atoms with E-state index in [2.05, 4.69) is 20.5 Å². The predicted octanol–water partition coefficient (Wildman–Crippen LogP) is 0.894. The molecule has 0 aliphatic heterocycles. The van der Waals surface area contributed by atoms with Crippen LogP contribution in [0.3, 0.4) is 0 Å². The number of hydrogen-bond acceptors (Lipinski definition) is 5. The van der Waals surface area contributed by atoms with Crippen molar-refractivity contribution in [2.24, 2.45) is 0 Å². The molecule has 0 spiro atoms. The lowest BCUT2D eigenvalue weighted by Crippen LogP contribution is -2.22. The Morgan fingerprint density at radius 1 is 1.53 bits per heavy atom. The van der Waals surface area contributed by atoms with Gasteiger partial charge in [0.05, 0.1) is 12.1 Å². The highest BCUT2D eigenvalue weighted by molar-refractivity contribution is 7.11. The fourth-order valence-corrected chi connectivity index (χ4v) is 2.07. The van der Waals surface area contributed by atoms with Crippen LogP contribution in [0.2, 0.25) is 0 Å². The molecule has 0 bridgehead atoms. The number of carboxylic acids is 1. The molecule has 0 atom stereocenters. The largest absolute Gasteiger partial charge is 0.478 e. The zero-order valence-corrected chi connectivity index (χ0v) is 10.5. The first kappa shape index (κ1) is 13.0. The molecular formula is C11H10N4O3S. The van der Waals surface area contributed by atoms with Crippen LogP contribution in [0.1, 0.15) is 21.1 Å². The van der Waals surface area contributed by atoms with Crippen LogP contribution in [0.25, 0.3) is 6.08 Å². The quantitative estimate of drug-likeness (QED) is 0.704. The molecule has 2 heterocycles. The number of H-pyrrole nitrogens is 1. The van der Waals surface area contributed by atoms with Gasteiger partial charge in [-0.25, -0.2) is 9.78 Å². The average Bonchev–Trinajstić information content (AvgIpc) is 3.04. The Kier molecular flexibility index (Phi) is 4.04. The summed E-state index contributed by atoms with van der Waals surface area (Å²) in [5.41, 5.74) is 0.481. The summed E-state index contributed by atoms with van der Waals surface area (Å²) >= 11 is 1.30. The van der Waals surface area contributed by atoms with Gasteiger partial charge in [0.1, 0.15) is 12.2 Å². The van der Waals surface area contributed by atoms with Crippen molar-refractivity contribution < 1.29 is 14.7 Å². The molecule has 0 aromatic carbocycles. The van der Waals surface area contributed by atoms with Gasteiger partial charge in [0.25, 0.3) is 5.91 Å². The topological polar surface area (TPSA) is 108 Å². The summed E-state index contributed by atoms with van der Waals surface area (Å²) in [6, 6.07) is 1.62. The Morgan fingerprint density at radius 3 is 3.05 bits per heavy atom. The van der Waals surface area contributed by atoms with Crippen molar-refractivity contribution >= 4 is 29.3 Å². The van der Waals surface area contributed by atoms with E-state index in [1.54, 1.807) is 11.4 Å². The van der Waals surface area contributed by atoms with E-state index in [4.69, 9.17) is 5.11 Å². The summed E-state index contributed by atoms with van der Waals surface area (Å²) in [6.07, 6.45) is 3.84. The van der Waals surface area contributed by atoms with E-state index in [0.29, 0.717) is 16.3 Å². The van der Waals surface area contributed by atoms with E-state index in [0.717, 1.165) is 6.08 Å². The molecule has 2 rings (SSSR count). The summed E-state index contributed by atoms with van der Waals surface area (Å²) in [7, 11) is 0. The maximum atomic E-state index is 11.8. The molecular weight excluding hydrogens is 268 g/mol. The van der Waals surface area contributed by atoms with Crippen molar-refractivity contribution in [3.8, 4) is 0 Å². The van der Waals surface area contributed by atoms with Crippen molar-refractivity contribution in [2.45, 2.75) is 6.54 Å². The molecule has 2 aromatic heterocycles. The van der Waals surface area contributed by atoms with Crippen LogP contribution < -0.4 is 5.32 Å². The Bertz CT molecular complexity index is 603. The predicted molar refractivity (Wildman–Crippen MR) is 68.5 cm³/mol. The molecule has 0 aliphatic rings. The third-order valence-electron chi connectivity index (χ3n) is 2.15. The number of nitrogens with zero attached hydrogens (tertiary/aromatic N) is 2. The molecule has 0 radical (unpaired) electrons. The number of hydrogen-bond donors (Lipinski definition) is 3. The number of aliphatic carboxylic acids is 1.